The number of alkyl halides is 3. The van der Waals surface area contributed by atoms with Gasteiger partial charge in [-0.25, -0.2) is 0 Å². The highest BCUT2D eigenvalue weighted by Crippen LogP contribution is 2.33. The lowest BCUT2D eigenvalue weighted by molar-refractivity contribution is -0.274. The third kappa shape index (κ3) is 7.58. The summed E-state index contributed by atoms with van der Waals surface area (Å²) in [6.45, 7) is 15.2. The number of halogens is 3. The molecule has 1 heterocycles. The van der Waals surface area contributed by atoms with Crippen molar-refractivity contribution < 1.29 is 27.5 Å². The van der Waals surface area contributed by atoms with Gasteiger partial charge in [-0.05, 0) is 108 Å². The minimum Gasteiger partial charge on any atom is -0.406 e. The van der Waals surface area contributed by atoms with E-state index in [2.05, 4.69) is 15.4 Å². The molecule has 1 aromatic heterocycles. The predicted molar refractivity (Wildman–Crippen MR) is 151 cm³/mol. The van der Waals surface area contributed by atoms with Gasteiger partial charge in [0.15, 0.2) is 0 Å². The van der Waals surface area contributed by atoms with E-state index < -0.39 is 22.9 Å². The molecule has 0 radical (unpaired) electrons. The number of nitrogens with one attached hydrogen (secondary N) is 2. The van der Waals surface area contributed by atoms with Crippen molar-refractivity contribution in [2.24, 2.45) is 0 Å². The predicted octanol–water partition coefficient (Wildman–Crippen LogP) is 4.57. The van der Waals surface area contributed by atoms with Crippen LogP contribution in [0.25, 0.3) is 22.2 Å². The van der Waals surface area contributed by atoms with Gasteiger partial charge in [-0.15, -0.1) is 13.2 Å². The Kier molecular flexibility index (Phi) is 7.94. The lowest BCUT2D eigenvalue weighted by atomic mass is 9.79. The Morgan fingerprint density at radius 1 is 0.872 bits per heavy atom. The van der Waals surface area contributed by atoms with Crippen LogP contribution in [-0.2, 0) is 21.5 Å². The zero-order chi connectivity index (χ0) is 29.6. The van der Waals surface area contributed by atoms with Crippen LogP contribution in [0.15, 0.2) is 42.5 Å². The van der Waals surface area contributed by atoms with Crippen LogP contribution in [0.4, 0.5) is 13.2 Å². The van der Waals surface area contributed by atoms with E-state index >= 15 is 0 Å². The van der Waals surface area contributed by atoms with Crippen LogP contribution in [0, 0.1) is 0 Å². The first-order valence-corrected chi connectivity index (χ1v) is 12.8. The summed E-state index contributed by atoms with van der Waals surface area (Å²) in [4.78, 5) is 26.2. The van der Waals surface area contributed by atoms with Crippen LogP contribution in [0.3, 0.4) is 0 Å². The van der Waals surface area contributed by atoms with E-state index in [0.717, 1.165) is 21.9 Å². The summed E-state index contributed by atoms with van der Waals surface area (Å²) >= 11 is 0. The second-order valence-electron chi connectivity index (χ2n) is 12.5. The standard InChI is InChI=1S/C29H37BF3N3O3/c1-26(2,3)34-23(37)16-36-22(17-9-11-20(12-10-17)39-29(31,32)33)14-18-13-19(15-21(30)24(18)36)28(7,8)25(38)35-27(4,5)6/h9-15H,16,30H2,1-8H3,(H,34,37)(H,35,38). The Balaban J connectivity index is 2.15. The van der Waals surface area contributed by atoms with E-state index in [-0.39, 0.29) is 24.1 Å². The normalized spacial score (nSPS) is 12.9. The molecule has 0 saturated carbocycles. The maximum absolute atomic E-state index is 13.2. The van der Waals surface area contributed by atoms with Crippen LogP contribution >= 0.6 is 0 Å². The molecule has 39 heavy (non-hydrogen) atoms. The molecule has 0 saturated heterocycles. The molecule has 0 fully saturated rings. The number of hydrogen-bond donors (Lipinski definition) is 2. The van der Waals surface area contributed by atoms with Crippen LogP contribution < -0.4 is 20.8 Å². The topological polar surface area (TPSA) is 72.4 Å². The molecule has 0 atom stereocenters. The van der Waals surface area contributed by atoms with Gasteiger partial charge in [-0.2, -0.15) is 0 Å². The summed E-state index contributed by atoms with van der Waals surface area (Å²) < 4.78 is 43.9. The number of fused-ring (bicyclic) bond motifs is 1. The number of carbonyl (C=O) groups is 2. The molecule has 0 aliphatic carbocycles. The van der Waals surface area contributed by atoms with E-state index in [1.807, 2.05) is 86.0 Å². The van der Waals surface area contributed by atoms with Gasteiger partial charge in [0.2, 0.25) is 11.8 Å². The number of benzene rings is 2. The summed E-state index contributed by atoms with van der Waals surface area (Å²) in [5.74, 6) is -0.644. The molecule has 0 aliphatic heterocycles. The zero-order valence-corrected chi connectivity index (χ0v) is 24.1. The highest BCUT2D eigenvalue weighted by atomic mass is 19.4. The molecule has 0 unspecified atom stereocenters. The second kappa shape index (κ2) is 10.3. The van der Waals surface area contributed by atoms with Gasteiger partial charge in [-0.1, -0.05) is 11.5 Å². The number of rotatable bonds is 6. The zero-order valence-electron chi connectivity index (χ0n) is 24.1. The molecule has 210 valence electrons. The Hall–Kier alpha value is -3.43. The molecule has 3 rings (SSSR count). The van der Waals surface area contributed by atoms with Gasteiger partial charge in [0, 0.05) is 22.3 Å². The van der Waals surface area contributed by atoms with Crippen molar-refractivity contribution in [2.45, 2.75) is 84.8 Å². The van der Waals surface area contributed by atoms with E-state index in [1.165, 1.54) is 24.3 Å². The van der Waals surface area contributed by atoms with E-state index in [0.29, 0.717) is 11.3 Å². The lowest BCUT2D eigenvalue weighted by Gasteiger charge is -2.30. The first-order valence-electron chi connectivity index (χ1n) is 12.8. The molecular weight excluding hydrogens is 506 g/mol. The number of amides is 2. The van der Waals surface area contributed by atoms with Crippen molar-refractivity contribution >= 4 is 36.0 Å². The van der Waals surface area contributed by atoms with Gasteiger partial charge < -0.3 is 19.9 Å². The van der Waals surface area contributed by atoms with Crippen molar-refractivity contribution in [3.05, 3.63) is 48.0 Å². The summed E-state index contributed by atoms with van der Waals surface area (Å²) in [5, 5.41) is 6.83. The van der Waals surface area contributed by atoms with Gasteiger partial charge in [0.1, 0.15) is 20.1 Å². The van der Waals surface area contributed by atoms with Crippen LogP contribution in [0.1, 0.15) is 61.0 Å². The van der Waals surface area contributed by atoms with Crippen molar-refractivity contribution in [1.82, 2.24) is 15.2 Å². The third-order valence-electron chi connectivity index (χ3n) is 6.16. The first-order chi connectivity index (χ1) is 17.7. The number of carbonyl (C=O) groups excluding carboxylic acids is 2. The fourth-order valence-electron chi connectivity index (χ4n) is 4.45. The molecule has 2 aromatic carbocycles. The highest BCUT2D eigenvalue weighted by molar-refractivity contribution is 6.38. The van der Waals surface area contributed by atoms with Gasteiger partial charge in [-0.3, -0.25) is 9.59 Å². The van der Waals surface area contributed by atoms with Crippen molar-refractivity contribution in [1.29, 1.82) is 0 Å². The minimum absolute atomic E-state index is 0.00496. The quantitative estimate of drug-likeness (QED) is 0.448. The summed E-state index contributed by atoms with van der Waals surface area (Å²) in [6.07, 6.45) is -4.79. The van der Waals surface area contributed by atoms with Crippen LogP contribution in [0.2, 0.25) is 0 Å². The Bertz CT molecular complexity index is 1380. The Morgan fingerprint density at radius 2 is 1.44 bits per heavy atom. The number of nitrogens with zero attached hydrogens (tertiary/aromatic N) is 1. The first kappa shape index (κ1) is 30.1. The molecular formula is C29H37BF3N3O3. The van der Waals surface area contributed by atoms with E-state index in [4.69, 9.17) is 0 Å². The number of ether oxygens (including phenoxy) is 1. The SMILES string of the molecule is Bc1cc(C(C)(C)C(=O)NC(C)(C)C)cc2cc(-c3ccc(OC(F)(F)F)cc3)n(CC(=O)NC(C)(C)C)c12. The summed E-state index contributed by atoms with van der Waals surface area (Å²) in [5.41, 5.74) is 2.09. The van der Waals surface area contributed by atoms with E-state index in [9.17, 15) is 22.8 Å². The van der Waals surface area contributed by atoms with E-state index in [1.54, 1.807) is 0 Å². The molecule has 6 nitrogen and oxygen atoms in total. The Labute approximate surface area is 228 Å². The smallest absolute Gasteiger partial charge is 0.406 e. The summed E-state index contributed by atoms with van der Waals surface area (Å²) in [6, 6.07) is 11.3. The molecule has 0 aliphatic rings. The molecule has 10 heteroatoms. The average molecular weight is 543 g/mol. The molecule has 2 amide bonds. The molecule has 3 aromatic rings. The van der Waals surface area contributed by atoms with Crippen molar-refractivity contribution in [2.75, 3.05) is 0 Å². The van der Waals surface area contributed by atoms with Gasteiger partial charge >= 0.3 is 6.36 Å². The monoisotopic (exact) mass is 543 g/mol. The maximum atomic E-state index is 13.2. The largest absolute Gasteiger partial charge is 0.573 e. The van der Waals surface area contributed by atoms with Crippen LogP contribution in [0.5, 0.6) is 5.75 Å². The molecule has 2 N–H and O–H groups in total. The number of hydrogen-bond acceptors (Lipinski definition) is 3. The third-order valence-corrected chi connectivity index (χ3v) is 6.16. The number of aromatic nitrogens is 1. The van der Waals surface area contributed by atoms with Crippen molar-refractivity contribution in [3.63, 3.8) is 0 Å². The Morgan fingerprint density at radius 3 is 1.95 bits per heavy atom. The minimum atomic E-state index is -4.79. The average Bonchev–Trinajstić information content (AvgIpc) is 3.09. The van der Waals surface area contributed by atoms with Gasteiger partial charge in [0.25, 0.3) is 0 Å². The summed E-state index contributed by atoms with van der Waals surface area (Å²) in [7, 11) is 1.92. The maximum Gasteiger partial charge on any atom is 0.573 e. The molecule has 0 spiro atoms. The highest BCUT2D eigenvalue weighted by Gasteiger charge is 2.33. The van der Waals surface area contributed by atoms with Crippen LogP contribution in [-0.4, -0.2) is 41.7 Å². The van der Waals surface area contributed by atoms with Gasteiger partial charge in [0.05, 0.1) is 5.41 Å². The fourth-order valence-corrected chi connectivity index (χ4v) is 4.45. The fraction of sp³-hybridized carbons (Fsp3) is 0.448. The lowest BCUT2D eigenvalue weighted by Crippen LogP contribution is -2.49. The second-order valence-corrected chi connectivity index (χ2v) is 12.5. The molecule has 0 bridgehead atoms. The van der Waals surface area contributed by atoms with Crippen molar-refractivity contribution in [3.8, 4) is 17.0 Å².